The Labute approximate surface area is 197 Å². The smallest absolute Gasteiger partial charge is 0.325 e. The van der Waals surface area contributed by atoms with Crippen molar-refractivity contribution in [2.75, 3.05) is 13.1 Å². The number of hydrogen-bond acceptors (Lipinski definition) is 6. The fraction of sp³-hybridized carbons (Fsp3) is 0.522. The molecule has 186 valence electrons. The first-order chi connectivity index (χ1) is 16.1. The molecular weight excluding hydrogens is 444 g/mol. The minimum atomic E-state index is -1.17. The molecule has 4 N–H and O–H groups in total. The maximum Gasteiger partial charge on any atom is 0.325 e. The van der Waals surface area contributed by atoms with Crippen LogP contribution in [-0.2, 0) is 24.0 Å². The molecule has 0 aromatic carbocycles. The van der Waals surface area contributed by atoms with Gasteiger partial charge in [-0.3, -0.25) is 24.0 Å². The van der Waals surface area contributed by atoms with Gasteiger partial charge in [-0.2, -0.15) is 0 Å². The monoisotopic (exact) mass is 476 g/mol. The molecule has 1 aliphatic rings. The highest BCUT2D eigenvalue weighted by Gasteiger charge is 2.35. The van der Waals surface area contributed by atoms with E-state index in [2.05, 4.69) is 16.0 Å². The van der Waals surface area contributed by atoms with Crippen molar-refractivity contribution >= 4 is 35.7 Å². The zero-order valence-corrected chi connectivity index (χ0v) is 19.6. The van der Waals surface area contributed by atoms with E-state index in [0.717, 1.165) is 0 Å². The Kier molecular flexibility index (Phi) is 9.84. The summed E-state index contributed by atoms with van der Waals surface area (Å²) < 4.78 is 5.13. The molecule has 11 nitrogen and oxygen atoms in total. The number of carboxylic acid groups (broad SMARTS) is 1. The molecule has 0 bridgehead atoms. The van der Waals surface area contributed by atoms with Gasteiger partial charge in [0.15, 0.2) is 0 Å². The second kappa shape index (κ2) is 12.6. The van der Waals surface area contributed by atoms with E-state index in [0.29, 0.717) is 31.6 Å². The SMILES string of the molecule is CC(C)CC(NC(=O)C=Cc1ccco1)C(=O)NCC(=O)N1CCCC1C(=O)NC(C)C(=O)O. The van der Waals surface area contributed by atoms with E-state index in [-0.39, 0.29) is 12.5 Å². The van der Waals surface area contributed by atoms with Gasteiger partial charge in [0.25, 0.3) is 0 Å². The Hall–Kier alpha value is -3.63. The quantitative estimate of drug-likeness (QED) is 0.339. The topological polar surface area (TPSA) is 158 Å². The lowest BCUT2D eigenvalue weighted by Gasteiger charge is -2.25. The summed E-state index contributed by atoms with van der Waals surface area (Å²) >= 11 is 0. The number of carbonyl (C=O) groups is 5. The van der Waals surface area contributed by atoms with Crippen molar-refractivity contribution in [3.63, 3.8) is 0 Å². The number of nitrogens with zero attached hydrogens (tertiary/aromatic N) is 1. The summed E-state index contributed by atoms with van der Waals surface area (Å²) in [5.41, 5.74) is 0. The first-order valence-electron chi connectivity index (χ1n) is 11.2. The lowest BCUT2D eigenvalue weighted by Crippen LogP contribution is -2.53. The summed E-state index contributed by atoms with van der Waals surface area (Å²) in [7, 11) is 0. The van der Waals surface area contributed by atoms with Crippen LogP contribution in [-0.4, -0.2) is 70.8 Å². The molecule has 4 amide bonds. The summed E-state index contributed by atoms with van der Waals surface area (Å²) in [4.78, 5) is 62.4. The predicted octanol–water partition coefficient (Wildman–Crippen LogP) is 0.520. The predicted molar refractivity (Wildman–Crippen MR) is 122 cm³/mol. The van der Waals surface area contributed by atoms with Gasteiger partial charge in [0.2, 0.25) is 23.6 Å². The summed E-state index contributed by atoms with van der Waals surface area (Å²) in [6.07, 6.45) is 5.58. The summed E-state index contributed by atoms with van der Waals surface area (Å²) in [5, 5.41) is 16.5. The van der Waals surface area contributed by atoms with Crippen LogP contribution in [0.15, 0.2) is 28.9 Å². The van der Waals surface area contributed by atoms with E-state index in [1.807, 2.05) is 13.8 Å². The van der Waals surface area contributed by atoms with E-state index in [4.69, 9.17) is 9.52 Å². The molecule has 1 saturated heterocycles. The van der Waals surface area contributed by atoms with Crippen molar-refractivity contribution in [3.05, 3.63) is 30.2 Å². The minimum Gasteiger partial charge on any atom is -0.480 e. The minimum absolute atomic E-state index is 0.101. The van der Waals surface area contributed by atoms with Gasteiger partial charge in [0.1, 0.15) is 23.9 Å². The van der Waals surface area contributed by atoms with E-state index in [1.165, 1.54) is 30.2 Å². The number of carboxylic acids is 1. The summed E-state index contributed by atoms with van der Waals surface area (Å²) in [6.45, 7) is 5.14. The average Bonchev–Trinajstić information content (AvgIpc) is 3.47. The lowest BCUT2D eigenvalue weighted by molar-refractivity contribution is -0.143. The maximum atomic E-state index is 12.7. The molecule has 0 aliphatic carbocycles. The second-order valence-corrected chi connectivity index (χ2v) is 8.57. The maximum absolute atomic E-state index is 12.7. The number of nitrogens with one attached hydrogen (secondary N) is 3. The molecule has 0 radical (unpaired) electrons. The molecular formula is C23H32N4O7. The zero-order chi connectivity index (χ0) is 25.3. The largest absolute Gasteiger partial charge is 0.480 e. The number of aliphatic carboxylic acids is 1. The number of carbonyl (C=O) groups excluding carboxylic acids is 4. The van der Waals surface area contributed by atoms with Gasteiger partial charge in [-0.15, -0.1) is 0 Å². The van der Waals surface area contributed by atoms with Crippen molar-refractivity contribution in [1.29, 1.82) is 0 Å². The van der Waals surface area contributed by atoms with E-state index in [1.54, 1.807) is 12.1 Å². The molecule has 3 unspecified atom stereocenters. The van der Waals surface area contributed by atoms with Crippen LogP contribution in [0, 0.1) is 5.92 Å². The van der Waals surface area contributed by atoms with Crippen LogP contribution in [0.5, 0.6) is 0 Å². The fourth-order valence-corrected chi connectivity index (χ4v) is 3.56. The molecule has 1 fully saturated rings. The molecule has 1 aromatic heterocycles. The van der Waals surface area contributed by atoms with Crippen molar-refractivity contribution in [2.45, 2.75) is 58.2 Å². The molecule has 11 heteroatoms. The number of likely N-dealkylation sites (tertiary alicyclic amines) is 1. The molecule has 0 saturated carbocycles. The van der Waals surface area contributed by atoms with Gasteiger partial charge in [0, 0.05) is 12.6 Å². The third-order valence-corrected chi connectivity index (χ3v) is 5.30. The third-order valence-electron chi connectivity index (χ3n) is 5.30. The van der Waals surface area contributed by atoms with Gasteiger partial charge in [-0.05, 0) is 50.3 Å². The Balaban J connectivity index is 1.93. The Morgan fingerprint density at radius 1 is 1.21 bits per heavy atom. The van der Waals surface area contributed by atoms with E-state index < -0.39 is 47.7 Å². The van der Waals surface area contributed by atoms with Gasteiger partial charge in [-0.1, -0.05) is 13.8 Å². The van der Waals surface area contributed by atoms with Crippen molar-refractivity contribution < 1.29 is 33.5 Å². The number of amides is 4. The van der Waals surface area contributed by atoms with Crippen LogP contribution in [0.1, 0.15) is 45.8 Å². The molecule has 1 aliphatic heterocycles. The van der Waals surface area contributed by atoms with Gasteiger partial charge >= 0.3 is 5.97 Å². The Morgan fingerprint density at radius 3 is 2.56 bits per heavy atom. The van der Waals surface area contributed by atoms with Crippen LogP contribution in [0.3, 0.4) is 0 Å². The van der Waals surface area contributed by atoms with Crippen LogP contribution in [0.2, 0.25) is 0 Å². The average molecular weight is 477 g/mol. The van der Waals surface area contributed by atoms with Gasteiger partial charge in [-0.25, -0.2) is 0 Å². The van der Waals surface area contributed by atoms with Crippen molar-refractivity contribution in [1.82, 2.24) is 20.9 Å². The molecule has 3 atom stereocenters. The standard InChI is InChI=1S/C23H32N4O7/c1-14(2)12-17(26-19(28)9-8-16-6-5-11-34-16)21(30)24-13-20(29)27-10-4-7-18(27)22(31)25-15(3)23(32)33/h5-6,8-9,11,14-15,17-18H,4,7,10,12-13H2,1-3H3,(H,24,30)(H,25,31)(H,26,28)(H,32,33). The Morgan fingerprint density at radius 2 is 1.94 bits per heavy atom. The Bertz CT molecular complexity index is 910. The van der Waals surface area contributed by atoms with E-state index in [9.17, 15) is 24.0 Å². The molecule has 2 heterocycles. The highest BCUT2D eigenvalue weighted by molar-refractivity contribution is 5.96. The third kappa shape index (κ3) is 8.05. The van der Waals surface area contributed by atoms with Crippen LogP contribution >= 0.6 is 0 Å². The first-order valence-corrected chi connectivity index (χ1v) is 11.2. The number of furan rings is 1. The molecule has 0 spiro atoms. The highest BCUT2D eigenvalue weighted by atomic mass is 16.4. The van der Waals surface area contributed by atoms with Gasteiger partial charge in [0.05, 0.1) is 12.8 Å². The fourth-order valence-electron chi connectivity index (χ4n) is 3.56. The van der Waals surface area contributed by atoms with Crippen molar-refractivity contribution in [2.24, 2.45) is 5.92 Å². The number of rotatable bonds is 11. The van der Waals surface area contributed by atoms with Crippen LogP contribution < -0.4 is 16.0 Å². The van der Waals surface area contributed by atoms with Crippen molar-refractivity contribution in [3.8, 4) is 0 Å². The molecule has 2 rings (SSSR count). The van der Waals surface area contributed by atoms with Crippen LogP contribution in [0.4, 0.5) is 0 Å². The summed E-state index contributed by atoms with van der Waals surface area (Å²) in [5.74, 6) is -2.57. The van der Waals surface area contributed by atoms with Gasteiger partial charge < -0.3 is 30.4 Å². The zero-order valence-electron chi connectivity index (χ0n) is 19.6. The van der Waals surface area contributed by atoms with E-state index >= 15 is 0 Å². The molecule has 1 aromatic rings. The van der Waals surface area contributed by atoms with Crippen LogP contribution in [0.25, 0.3) is 6.08 Å². The first kappa shape index (κ1) is 26.6. The normalized spacial score (nSPS) is 17.4. The second-order valence-electron chi connectivity index (χ2n) is 8.57. The number of hydrogen-bond donors (Lipinski definition) is 4. The summed E-state index contributed by atoms with van der Waals surface area (Å²) in [6, 6.07) is 0.652. The highest BCUT2D eigenvalue weighted by Crippen LogP contribution is 2.17. The lowest BCUT2D eigenvalue weighted by atomic mass is 10.0. The molecule has 34 heavy (non-hydrogen) atoms.